The van der Waals surface area contributed by atoms with Gasteiger partial charge in [-0.2, -0.15) is 0 Å². The van der Waals surface area contributed by atoms with Gasteiger partial charge in [0.1, 0.15) is 0 Å². The van der Waals surface area contributed by atoms with Crippen LogP contribution in [0.2, 0.25) is 0 Å². The van der Waals surface area contributed by atoms with Crippen LogP contribution in [0.1, 0.15) is 11.1 Å². The fourth-order valence-corrected chi connectivity index (χ4v) is 19.5. The standard InChI is InChI=1S/C59H44GeN4/c1-41-28-35-55-52(38-41)53-39-42(2)29-36-56(53)64(55)54-37-32-46(59-62-57(44-18-8-3-9-19-44)61-58(63-59)45-20-10-4-11-21-45)40-51(54)43-30-33-50(34-31-43)60(47-22-12-5-13-23-47,48-24-14-6-15-25-48)49-26-16-7-17-27-49/h3-40H,1-2H3. The zero-order chi connectivity index (χ0) is 43.0. The van der Waals surface area contributed by atoms with Gasteiger partial charge in [0.05, 0.1) is 0 Å². The maximum atomic E-state index is 5.17. The third-order valence-electron chi connectivity index (χ3n) is 12.5. The molecule has 0 aliphatic rings. The van der Waals surface area contributed by atoms with Gasteiger partial charge in [0, 0.05) is 0 Å². The average Bonchev–Trinajstić information content (AvgIpc) is 3.67. The Bertz CT molecular complexity index is 3210. The quantitative estimate of drug-likeness (QED) is 0.136. The normalized spacial score (nSPS) is 11.6. The van der Waals surface area contributed by atoms with Crippen molar-refractivity contribution in [3.8, 4) is 51.0 Å². The number of aryl methyl sites for hydroxylation is 2. The number of hydrogen-bond acceptors (Lipinski definition) is 3. The number of nitrogens with zero attached hydrogens (tertiary/aromatic N) is 4. The van der Waals surface area contributed by atoms with Crippen LogP contribution in [0.4, 0.5) is 0 Å². The van der Waals surface area contributed by atoms with E-state index in [1.165, 1.54) is 50.5 Å². The fraction of sp³-hybridized carbons (Fsp3) is 0.0339. The van der Waals surface area contributed by atoms with Crippen LogP contribution in [0.15, 0.2) is 231 Å². The molecule has 0 saturated carbocycles. The summed E-state index contributed by atoms with van der Waals surface area (Å²) in [5.74, 6) is 1.90. The molecular weight excluding hydrogens is 837 g/mol. The van der Waals surface area contributed by atoms with E-state index in [1.807, 2.05) is 36.4 Å². The first-order valence-corrected chi connectivity index (χ1v) is 26.0. The number of hydrogen-bond donors (Lipinski definition) is 0. The van der Waals surface area contributed by atoms with Gasteiger partial charge in [0.25, 0.3) is 0 Å². The molecule has 0 saturated heterocycles. The van der Waals surface area contributed by atoms with E-state index in [4.69, 9.17) is 15.0 Å². The van der Waals surface area contributed by atoms with Crippen molar-refractivity contribution >= 4 is 52.7 Å². The summed E-state index contributed by atoms with van der Waals surface area (Å²) in [5, 5.41) is 2.49. The van der Waals surface area contributed by atoms with Gasteiger partial charge in [0.15, 0.2) is 0 Å². The molecule has 64 heavy (non-hydrogen) atoms. The molecule has 0 amide bonds. The molecule has 0 bridgehead atoms. The molecule has 2 aromatic heterocycles. The van der Waals surface area contributed by atoms with Crippen molar-refractivity contribution in [1.29, 1.82) is 0 Å². The Labute approximate surface area is 376 Å². The van der Waals surface area contributed by atoms with Gasteiger partial charge < -0.3 is 0 Å². The molecule has 9 aromatic carbocycles. The molecule has 0 aliphatic heterocycles. The van der Waals surface area contributed by atoms with Crippen LogP contribution >= 0.6 is 0 Å². The second-order valence-electron chi connectivity index (χ2n) is 16.6. The van der Waals surface area contributed by atoms with Crippen LogP contribution in [0.3, 0.4) is 0 Å². The Morgan fingerprint density at radius 1 is 0.328 bits per heavy atom. The first-order chi connectivity index (χ1) is 31.5. The average molecular weight is 882 g/mol. The Hall–Kier alpha value is -7.67. The first kappa shape index (κ1) is 39.2. The molecule has 5 heteroatoms. The number of aromatic nitrogens is 4. The molecule has 0 spiro atoms. The molecule has 304 valence electrons. The van der Waals surface area contributed by atoms with E-state index in [-0.39, 0.29) is 0 Å². The number of rotatable bonds is 9. The zero-order valence-electron chi connectivity index (χ0n) is 35.7. The van der Waals surface area contributed by atoms with Crippen LogP contribution in [-0.4, -0.2) is 32.8 Å². The van der Waals surface area contributed by atoms with Crippen LogP contribution in [0.5, 0.6) is 0 Å². The SMILES string of the molecule is Cc1ccc2c(c1)c1cc(C)ccc1n2-c1ccc(-c2nc(-c3ccccc3)nc(-c3ccccc3)n2)cc1-c1cc[c]([Ge]([c]2ccccc2)([c]2ccccc2)[c]2ccccc2)cc1. The molecule has 0 atom stereocenters. The van der Waals surface area contributed by atoms with Crippen molar-refractivity contribution < 1.29 is 0 Å². The van der Waals surface area contributed by atoms with Gasteiger partial charge in [-0.1, -0.05) is 36.4 Å². The summed E-state index contributed by atoms with van der Waals surface area (Å²) < 4.78 is 7.98. The second kappa shape index (κ2) is 16.6. The molecule has 11 rings (SSSR count). The summed E-state index contributed by atoms with van der Waals surface area (Å²) in [6, 6.07) is 83.7. The van der Waals surface area contributed by atoms with Crippen LogP contribution in [0.25, 0.3) is 72.8 Å². The van der Waals surface area contributed by atoms with Crippen molar-refractivity contribution in [2.75, 3.05) is 0 Å². The van der Waals surface area contributed by atoms with Gasteiger partial charge in [0.2, 0.25) is 0 Å². The fourth-order valence-electron chi connectivity index (χ4n) is 9.51. The molecule has 4 nitrogen and oxygen atoms in total. The molecule has 11 aromatic rings. The molecule has 0 radical (unpaired) electrons. The van der Waals surface area contributed by atoms with Gasteiger partial charge in [-0.05, 0) is 0 Å². The van der Waals surface area contributed by atoms with E-state index < -0.39 is 13.3 Å². The van der Waals surface area contributed by atoms with Crippen molar-refractivity contribution in [3.63, 3.8) is 0 Å². The minimum absolute atomic E-state index is 0.622. The Morgan fingerprint density at radius 2 is 0.703 bits per heavy atom. The van der Waals surface area contributed by atoms with Gasteiger partial charge in [-0.15, -0.1) is 0 Å². The van der Waals surface area contributed by atoms with E-state index in [1.54, 1.807) is 0 Å². The zero-order valence-corrected chi connectivity index (χ0v) is 37.8. The van der Waals surface area contributed by atoms with E-state index >= 15 is 0 Å². The Kier molecular flexibility index (Phi) is 10.1. The topological polar surface area (TPSA) is 43.6 Å². The summed E-state index contributed by atoms with van der Waals surface area (Å²) in [6.45, 7) is 4.35. The van der Waals surface area contributed by atoms with Crippen LogP contribution in [-0.2, 0) is 0 Å². The van der Waals surface area contributed by atoms with Crippen LogP contribution in [0, 0.1) is 13.8 Å². The number of benzene rings is 9. The molecule has 2 heterocycles. The molecule has 0 N–H and O–H groups in total. The minimum atomic E-state index is -3.51. The predicted octanol–water partition coefficient (Wildman–Crippen LogP) is 11.6. The summed E-state index contributed by atoms with van der Waals surface area (Å²) >= 11 is -3.51. The van der Waals surface area contributed by atoms with E-state index in [2.05, 4.69) is 213 Å². The van der Waals surface area contributed by atoms with Crippen molar-refractivity contribution in [1.82, 2.24) is 19.5 Å². The van der Waals surface area contributed by atoms with Crippen molar-refractivity contribution in [2.24, 2.45) is 0 Å². The van der Waals surface area contributed by atoms with Crippen molar-refractivity contribution in [2.45, 2.75) is 13.8 Å². The Balaban J connectivity index is 1.16. The molecule has 0 unspecified atom stereocenters. The summed E-state index contributed by atoms with van der Waals surface area (Å²) in [5.41, 5.74) is 10.9. The van der Waals surface area contributed by atoms with Crippen LogP contribution < -0.4 is 17.6 Å². The monoisotopic (exact) mass is 882 g/mol. The molecular formula is C59H44GeN4. The summed E-state index contributed by atoms with van der Waals surface area (Å²) in [7, 11) is 0. The molecule has 0 fully saturated rings. The summed E-state index contributed by atoms with van der Waals surface area (Å²) in [6.07, 6.45) is 0. The summed E-state index contributed by atoms with van der Waals surface area (Å²) in [4.78, 5) is 15.4. The van der Waals surface area contributed by atoms with Gasteiger partial charge in [-0.25, -0.2) is 0 Å². The third kappa shape index (κ3) is 6.93. The Morgan fingerprint density at radius 3 is 1.14 bits per heavy atom. The molecule has 0 aliphatic carbocycles. The maximum absolute atomic E-state index is 5.17. The van der Waals surface area contributed by atoms with E-state index in [0.29, 0.717) is 17.5 Å². The van der Waals surface area contributed by atoms with Gasteiger partial charge in [-0.3, -0.25) is 0 Å². The van der Waals surface area contributed by atoms with E-state index in [9.17, 15) is 0 Å². The predicted molar refractivity (Wildman–Crippen MR) is 269 cm³/mol. The number of fused-ring (bicyclic) bond motifs is 3. The third-order valence-corrected chi connectivity index (χ3v) is 22.6. The van der Waals surface area contributed by atoms with E-state index in [0.717, 1.165) is 33.5 Å². The van der Waals surface area contributed by atoms with Crippen molar-refractivity contribution in [3.05, 3.63) is 242 Å². The second-order valence-corrected chi connectivity index (χ2v) is 24.6. The van der Waals surface area contributed by atoms with Gasteiger partial charge >= 0.3 is 342 Å². The first-order valence-electron chi connectivity index (χ1n) is 21.9.